The maximum Gasteiger partial charge on any atom is 0.255 e. The van der Waals surface area contributed by atoms with Gasteiger partial charge in [0.15, 0.2) is 11.5 Å². The molecule has 0 saturated carbocycles. The van der Waals surface area contributed by atoms with Crippen molar-refractivity contribution in [3.05, 3.63) is 52.5 Å². The highest BCUT2D eigenvalue weighted by Gasteiger charge is 2.42. The van der Waals surface area contributed by atoms with Crippen LogP contribution in [0.1, 0.15) is 62.4 Å². The average Bonchev–Trinajstić information content (AvgIpc) is 2.80. The van der Waals surface area contributed by atoms with E-state index >= 15 is 0 Å². The maximum absolute atomic E-state index is 12.9. The Hall–Kier alpha value is -3.06. The molecule has 1 aliphatic heterocycles. The van der Waals surface area contributed by atoms with Crippen molar-refractivity contribution in [3.63, 3.8) is 0 Å². The minimum atomic E-state index is -0.747. The molecule has 0 aromatic heterocycles. The van der Waals surface area contributed by atoms with Gasteiger partial charge in [0, 0.05) is 17.7 Å². The van der Waals surface area contributed by atoms with E-state index in [9.17, 15) is 14.4 Å². The fourth-order valence-electron chi connectivity index (χ4n) is 4.03. The van der Waals surface area contributed by atoms with Crippen molar-refractivity contribution in [2.45, 2.75) is 51.9 Å². The topological polar surface area (TPSA) is 93.7 Å². The maximum atomic E-state index is 12.9. The monoisotopic (exact) mass is 486 g/mol. The minimum Gasteiger partial charge on any atom is -0.493 e. The highest BCUT2D eigenvalue weighted by Crippen LogP contribution is 2.38. The zero-order chi connectivity index (χ0) is 24.9. The second kappa shape index (κ2) is 10.9. The molecular formula is C26H31ClN2O5. The SMILES string of the molecule is CC[C@]1(c2ccc(NC(=O)c3cc(Cl)c(OCCC(C)C)c(OC)c3)cc2)CCC(=O)NC1=O. The average molecular weight is 487 g/mol. The first-order chi connectivity index (χ1) is 16.2. The number of methoxy groups -OCH3 is 1. The van der Waals surface area contributed by atoms with Crippen molar-refractivity contribution in [3.8, 4) is 11.5 Å². The van der Waals surface area contributed by atoms with E-state index in [4.69, 9.17) is 21.1 Å². The largest absolute Gasteiger partial charge is 0.493 e. The van der Waals surface area contributed by atoms with Gasteiger partial charge in [0.05, 0.1) is 24.2 Å². The first-order valence-electron chi connectivity index (χ1n) is 11.5. The van der Waals surface area contributed by atoms with Crippen LogP contribution in [0.25, 0.3) is 0 Å². The van der Waals surface area contributed by atoms with Gasteiger partial charge >= 0.3 is 0 Å². The number of amides is 3. The first-order valence-corrected chi connectivity index (χ1v) is 11.8. The Kier molecular flexibility index (Phi) is 8.20. The number of halogens is 1. The molecule has 182 valence electrons. The molecule has 0 radical (unpaired) electrons. The summed E-state index contributed by atoms with van der Waals surface area (Å²) in [5.74, 6) is 0.416. The lowest BCUT2D eigenvalue weighted by molar-refractivity contribution is -0.138. The van der Waals surface area contributed by atoms with E-state index < -0.39 is 5.41 Å². The number of ether oxygens (including phenoxy) is 2. The summed E-state index contributed by atoms with van der Waals surface area (Å²) in [7, 11) is 1.50. The van der Waals surface area contributed by atoms with Crippen molar-refractivity contribution < 1.29 is 23.9 Å². The summed E-state index contributed by atoms with van der Waals surface area (Å²) in [4.78, 5) is 37.0. The fourth-order valence-corrected chi connectivity index (χ4v) is 4.29. The lowest BCUT2D eigenvalue weighted by Crippen LogP contribution is -2.51. The van der Waals surface area contributed by atoms with Crippen LogP contribution in [-0.2, 0) is 15.0 Å². The van der Waals surface area contributed by atoms with Gasteiger partial charge in [-0.2, -0.15) is 0 Å². The molecule has 8 heteroatoms. The molecule has 1 saturated heterocycles. The van der Waals surface area contributed by atoms with Gasteiger partial charge in [-0.05, 0) is 55.0 Å². The number of anilines is 1. The Bertz CT molecular complexity index is 1070. The molecule has 0 unspecified atom stereocenters. The van der Waals surface area contributed by atoms with E-state index in [2.05, 4.69) is 24.5 Å². The zero-order valence-corrected chi connectivity index (χ0v) is 20.8. The molecule has 3 rings (SSSR count). The van der Waals surface area contributed by atoms with Gasteiger partial charge in [0.25, 0.3) is 5.91 Å². The fraction of sp³-hybridized carbons (Fsp3) is 0.423. The molecule has 3 amide bonds. The second-order valence-corrected chi connectivity index (χ2v) is 9.27. The van der Waals surface area contributed by atoms with Crippen LogP contribution in [0, 0.1) is 5.92 Å². The summed E-state index contributed by atoms with van der Waals surface area (Å²) in [5.41, 5.74) is 0.963. The van der Waals surface area contributed by atoms with Crippen LogP contribution < -0.4 is 20.1 Å². The van der Waals surface area contributed by atoms with Gasteiger partial charge < -0.3 is 14.8 Å². The quantitative estimate of drug-likeness (QED) is 0.480. The molecule has 0 aliphatic carbocycles. The number of carbonyl (C=O) groups is 3. The summed E-state index contributed by atoms with van der Waals surface area (Å²) in [6, 6.07) is 10.3. The molecule has 2 aromatic carbocycles. The van der Waals surface area contributed by atoms with E-state index in [0.29, 0.717) is 59.6 Å². The Morgan fingerprint density at radius 2 is 1.91 bits per heavy atom. The summed E-state index contributed by atoms with van der Waals surface area (Å²) in [6.07, 6.45) is 2.21. The zero-order valence-electron chi connectivity index (χ0n) is 20.0. The Morgan fingerprint density at radius 1 is 1.21 bits per heavy atom. The molecule has 2 N–H and O–H groups in total. The molecule has 1 aliphatic rings. The van der Waals surface area contributed by atoms with Gasteiger partial charge in [-0.3, -0.25) is 19.7 Å². The van der Waals surface area contributed by atoms with E-state index in [1.807, 2.05) is 19.1 Å². The lowest BCUT2D eigenvalue weighted by Gasteiger charge is -2.35. The standard InChI is InChI=1S/C26H31ClN2O5/c1-5-26(12-10-22(30)29-25(26)32)18-6-8-19(9-7-18)28-24(31)17-14-20(27)23(21(15-17)33-4)34-13-11-16(2)3/h6-9,14-16H,5,10-13H2,1-4H3,(H,28,31)(H,29,30,32)/t26-/m1/s1. The van der Waals surface area contributed by atoms with Crippen LogP contribution in [-0.4, -0.2) is 31.4 Å². The third kappa shape index (κ3) is 5.53. The molecule has 7 nitrogen and oxygen atoms in total. The molecule has 0 bridgehead atoms. The van der Waals surface area contributed by atoms with Crippen molar-refractivity contribution in [2.24, 2.45) is 5.92 Å². The normalized spacial score (nSPS) is 17.9. The predicted molar refractivity (Wildman–Crippen MR) is 132 cm³/mol. The van der Waals surface area contributed by atoms with Crippen LogP contribution >= 0.6 is 11.6 Å². The molecular weight excluding hydrogens is 456 g/mol. The van der Waals surface area contributed by atoms with Crippen LogP contribution in [0.15, 0.2) is 36.4 Å². The highest BCUT2D eigenvalue weighted by atomic mass is 35.5. The number of nitrogens with one attached hydrogen (secondary N) is 2. The predicted octanol–water partition coefficient (Wildman–Crippen LogP) is 5.11. The van der Waals surface area contributed by atoms with E-state index in [1.165, 1.54) is 7.11 Å². The third-order valence-electron chi connectivity index (χ3n) is 6.20. The van der Waals surface area contributed by atoms with E-state index in [1.54, 1.807) is 24.3 Å². The third-order valence-corrected chi connectivity index (χ3v) is 6.48. The van der Waals surface area contributed by atoms with Crippen LogP contribution in [0.2, 0.25) is 5.02 Å². The molecule has 1 atom stereocenters. The number of hydrogen-bond donors (Lipinski definition) is 2. The van der Waals surface area contributed by atoms with Crippen molar-refractivity contribution in [1.82, 2.24) is 5.32 Å². The molecule has 34 heavy (non-hydrogen) atoms. The van der Waals surface area contributed by atoms with Gasteiger partial charge in [-0.15, -0.1) is 0 Å². The number of imide groups is 1. The number of carbonyl (C=O) groups excluding carboxylic acids is 3. The lowest BCUT2D eigenvalue weighted by atomic mass is 9.72. The van der Waals surface area contributed by atoms with E-state index in [0.717, 1.165) is 12.0 Å². The summed E-state index contributed by atoms with van der Waals surface area (Å²) in [5, 5.41) is 5.59. The number of hydrogen-bond acceptors (Lipinski definition) is 5. The van der Waals surface area contributed by atoms with Crippen LogP contribution in [0.4, 0.5) is 5.69 Å². The van der Waals surface area contributed by atoms with Gasteiger partial charge in [0.2, 0.25) is 11.8 Å². The highest BCUT2D eigenvalue weighted by molar-refractivity contribution is 6.32. The Labute approximate surface area is 205 Å². The van der Waals surface area contributed by atoms with Crippen molar-refractivity contribution >= 4 is 35.0 Å². The Morgan fingerprint density at radius 3 is 2.50 bits per heavy atom. The van der Waals surface area contributed by atoms with Crippen molar-refractivity contribution in [1.29, 1.82) is 0 Å². The first kappa shape index (κ1) is 25.6. The summed E-state index contributed by atoms with van der Waals surface area (Å²) >= 11 is 6.39. The smallest absolute Gasteiger partial charge is 0.255 e. The van der Waals surface area contributed by atoms with E-state index in [-0.39, 0.29) is 17.7 Å². The van der Waals surface area contributed by atoms with Gasteiger partial charge in [-0.1, -0.05) is 44.5 Å². The number of rotatable bonds is 9. The number of piperidine rings is 1. The van der Waals surface area contributed by atoms with Crippen LogP contribution in [0.3, 0.4) is 0 Å². The molecule has 1 heterocycles. The minimum absolute atomic E-state index is 0.247. The van der Waals surface area contributed by atoms with Crippen molar-refractivity contribution in [2.75, 3.05) is 19.0 Å². The van der Waals surface area contributed by atoms with Gasteiger partial charge in [-0.25, -0.2) is 0 Å². The molecule has 1 fully saturated rings. The summed E-state index contributed by atoms with van der Waals surface area (Å²) < 4.78 is 11.2. The van der Waals surface area contributed by atoms with Crippen LogP contribution in [0.5, 0.6) is 11.5 Å². The Balaban J connectivity index is 1.75. The number of benzene rings is 2. The summed E-state index contributed by atoms with van der Waals surface area (Å²) in [6.45, 7) is 6.64. The van der Waals surface area contributed by atoms with Gasteiger partial charge in [0.1, 0.15) is 0 Å². The molecule has 0 spiro atoms. The second-order valence-electron chi connectivity index (χ2n) is 8.86. The molecule has 2 aromatic rings.